The number of halogens is 3. The lowest BCUT2D eigenvalue weighted by Crippen LogP contribution is -2.14. The second-order valence-electron chi connectivity index (χ2n) is 4.04. The molecule has 2 N–H and O–H groups in total. The number of hydrogen-bond acceptors (Lipinski definition) is 2. The minimum Gasteiger partial charge on any atom is -0.386 e. The Hall–Kier alpha value is -2.01. The fraction of sp³-hybridized carbons (Fsp3) is 0.143. The van der Waals surface area contributed by atoms with Crippen LogP contribution >= 0.6 is 0 Å². The highest BCUT2D eigenvalue weighted by molar-refractivity contribution is 5.44. The zero-order valence-corrected chi connectivity index (χ0v) is 9.91. The maximum atomic E-state index is 13.4. The number of para-hydroxylation sites is 1. The predicted molar refractivity (Wildman–Crippen MR) is 66.2 cm³/mol. The second-order valence-corrected chi connectivity index (χ2v) is 4.04. The molecule has 2 aromatic carbocycles. The summed E-state index contributed by atoms with van der Waals surface area (Å²) in [5.74, 6) is -1.82. The van der Waals surface area contributed by atoms with Gasteiger partial charge in [-0.15, -0.1) is 0 Å². The molecular formula is C14H12F3NO. The van der Waals surface area contributed by atoms with Crippen molar-refractivity contribution < 1.29 is 18.3 Å². The lowest BCUT2D eigenvalue weighted by Gasteiger charge is -2.14. The van der Waals surface area contributed by atoms with E-state index >= 15 is 0 Å². The summed E-state index contributed by atoms with van der Waals surface area (Å²) in [5, 5.41) is 12.4. The molecule has 2 aromatic rings. The van der Waals surface area contributed by atoms with Crippen molar-refractivity contribution in [1.82, 2.24) is 0 Å². The van der Waals surface area contributed by atoms with Crippen LogP contribution in [0.15, 0.2) is 42.5 Å². The highest BCUT2D eigenvalue weighted by Gasteiger charge is 2.14. The Morgan fingerprint density at radius 3 is 2.47 bits per heavy atom. The molecule has 0 aliphatic heterocycles. The number of nitrogens with one attached hydrogen (secondary N) is 1. The third kappa shape index (κ3) is 3.26. The summed E-state index contributed by atoms with van der Waals surface area (Å²) in [6.45, 7) is -0.124. The van der Waals surface area contributed by atoms with Gasteiger partial charge >= 0.3 is 0 Å². The van der Waals surface area contributed by atoms with Crippen LogP contribution < -0.4 is 5.32 Å². The lowest BCUT2D eigenvalue weighted by molar-refractivity contribution is 0.186. The lowest BCUT2D eigenvalue weighted by atomic mass is 10.1. The van der Waals surface area contributed by atoms with Gasteiger partial charge in [0.25, 0.3) is 0 Å². The van der Waals surface area contributed by atoms with Gasteiger partial charge < -0.3 is 10.4 Å². The van der Waals surface area contributed by atoms with Crippen LogP contribution in [0.1, 0.15) is 11.7 Å². The van der Waals surface area contributed by atoms with Crippen molar-refractivity contribution in [3.63, 3.8) is 0 Å². The first-order chi connectivity index (χ1) is 9.08. The van der Waals surface area contributed by atoms with Crippen LogP contribution in [-0.2, 0) is 0 Å². The van der Waals surface area contributed by atoms with Crippen LogP contribution in [0, 0.1) is 17.5 Å². The molecule has 2 rings (SSSR count). The van der Waals surface area contributed by atoms with Gasteiger partial charge in [0.1, 0.15) is 17.5 Å². The van der Waals surface area contributed by atoms with E-state index in [2.05, 4.69) is 5.32 Å². The third-order valence-corrected chi connectivity index (χ3v) is 2.68. The van der Waals surface area contributed by atoms with Gasteiger partial charge in [0.15, 0.2) is 0 Å². The van der Waals surface area contributed by atoms with Crippen molar-refractivity contribution in [2.24, 2.45) is 0 Å². The molecule has 0 saturated heterocycles. The number of aliphatic hydroxyl groups is 1. The SMILES string of the molecule is OC(CNc1ccccc1F)c1cc(F)ccc1F. The van der Waals surface area contributed by atoms with Crippen molar-refractivity contribution in [3.8, 4) is 0 Å². The van der Waals surface area contributed by atoms with Gasteiger partial charge in [-0.05, 0) is 30.3 Å². The summed E-state index contributed by atoms with van der Waals surface area (Å²) in [4.78, 5) is 0. The van der Waals surface area contributed by atoms with Gasteiger partial charge in [-0.3, -0.25) is 0 Å². The fourth-order valence-corrected chi connectivity index (χ4v) is 1.69. The van der Waals surface area contributed by atoms with Crippen LogP contribution in [0.4, 0.5) is 18.9 Å². The van der Waals surface area contributed by atoms with Crippen LogP contribution in [0.5, 0.6) is 0 Å². The topological polar surface area (TPSA) is 32.3 Å². The van der Waals surface area contributed by atoms with Crippen LogP contribution in [0.2, 0.25) is 0 Å². The van der Waals surface area contributed by atoms with E-state index in [0.717, 1.165) is 18.2 Å². The van der Waals surface area contributed by atoms with Gasteiger partial charge in [-0.2, -0.15) is 0 Å². The van der Waals surface area contributed by atoms with Crippen molar-refractivity contribution in [2.75, 3.05) is 11.9 Å². The Balaban J connectivity index is 2.07. The van der Waals surface area contributed by atoms with Crippen molar-refractivity contribution in [3.05, 3.63) is 65.5 Å². The molecule has 2 nitrogen and oxygen atoms in total. The highest BCUT2D eigenvalue weighted by atomic mass is 19.1. The second kappa shape index (κ2) is 5.75. The molecule has 0 heterocycles. The van der Waals surface area contributed by atoms with E-state index in [1.54, 1.807) is 6.07 Å². The monoisotopic (exact) mass is 267 g/mol. The van der Waals surface area contributed by atoms with Crippen LogP contribution in [-0.4, -0.2) is 11.7 Å². The van der Waals surface area contributed by atoms with Gasteiger partial charge in [-0.1, -0.05) is 12.1 Å². The molecule has 0 saturated carbocycles. The maximum absolute atomic E-state index is 13.4. The van der Waals surface area contributed by atoms with Gasteiger partial charge in [0.05, 0.1) is 11.8 Å². The number of anilines is 1. The molecule has 100 valence electrons. The van der Waals surface area contributed by atoms with Gasteiger partial charge in [-0.25, -0.2) is 13.2 Å². The number of rotatable bonds is 4. The Kier molecular flexibility index (Phi) is 4.06. The van der Waals surface area contributed by atoms with Crippen molar-refractivity contribution >= 4 is 5.69 Å². The van der Waals surface area contributed by atoms with E-state index in [9.17, 15) is 18.3 Å². The van der Waals surface area contributed by atoms with Crippen molar-refractivity contribution in [1.29, 1.82) is 0 Å². The third-order valence-electron chi connectivity index (χ3n) is 2.68. The highest BCUT2D eigenvalue weighted by Crippen LogP contribution is 2.20. The number of benzene rings is 2. The van der Waals surface area contributed by atoms with E-state index in [0.29, 0.717) is 0 Å². The minimum absolute atomic E-state index is 0.124. The first kappa shape index (κ1) is 13.4. The Morgan fingerprint density at radius 2 is 1.74 bits per heavy atom. The summed E-state index contributed by atoms with van der Waals surface area (Å²) < 4.78 is 39.7. The van der Waals surface area contributed by atoms with E-state index < -0.39 is 23.6 Å². The predicted octanol–water partition coefficient (Wildman–Crippen LogP) is 3.25. The molecule has 0 spiro atoms. The molecule has 1 unspecified atom stereocenters. The average Bonchev–Trinajstić information content (AvgIpc) is 2.40. The van der Waals surface area contributed by atoms with Gasteiger partial charge in [0, 0.05) is 12.1 Å². The minimum atomic E-state index is -1.27. The first-order valence-corrected chi connectivity index (χ1v) is 5.69. The quantitative estimate of drug-likeness (QED) is 0.891. The van der Waals surface area contributed by atoms with Gasteiger partial charge in [0.2, 0.25) is 0 Å². The average molecular weight is 267 g/mol. The summed E-state index contributed by atoms with van der Waals surface area (Å²) in [6.07, 6.45) is -1.27. The first-order valence-electron chi connectivity index (χ1n) is 5.69. The Labute approximate surface area is 108 Å². The molecule has 5 heteroatoms. The number of aliphatic hydroxyl groups excluding tert-OH is 1. The summed E-state index contributed by atoms with van der Waals surface area (Å²) >= 11 is 0. The molecule has 0 bridgehead atoms. The molecule has 0 aliphatic carbocycles. The van der Waals surface area contributed by atoms with E-state index in [4.69, 9.17) is 0 Å². The normalized spacial score (nSPS) is 12.2. The van der Waals surface area contributed by atoms with E-state index in [1.807, 2.05) is 0 Å². The molecule has 19 heavy (non-hydrogen) atoms. The van der Waals surface area contributed by atoms with Crippen molar-refractivity contribution in [2.45, 2.75) is 6.10 Å². The zero-order chi connectivity index (χ0) is 13.8. The molecule has 0 fully saturated rings. The van der Waals surface area contributed by atoms with Crippen LogP contribution in [0.25, 0.3) is 0 Å². The Morgan fingerprint density at radius 1 is 1.00 bits per heavy atom. The largest absolute Gasteiger partial charge is 0.386 e. The Bertz CT molecular complexity index is 574. The summed E-state index contributed by atoms with van der Waals surface area (Å²) in [6, 6.07) is 8.74. The summed E-state index contributed by atoms with van der Waals surface area (Å²) in [7, 11) is 0. The number of hydrogen-bond donors (Lipinski definition) is 2. The molecule has 0 aromatic heterocycles. The maximum Gasteiger partial charge on any atom is 0.146 e. The summed E-state index contributed by atoms with van der Waals surface area (Å²) in [5.41, 5.74) is 0.0298. The molecule has 0 amide bonds. The van der Waals surface area contributed by atoms with Crippen LogP contribution in [0.3, 0.4) is 0 Å². The molecule has 0 radical (unpaired) electrons. The van der Waals surface area contributed by atoms with E-state index in [-0.39, 0.29) is 17.8 Å². The molecular weight excluding hydrogens is 255 g/mol. The standard InChI is InChI=1S/C14H12F3NO/c15-9-5-6-11(16)10(7-9)14(19)8-18-13-4-2-1-3-12(13)17/h1-7,14,18-19H,8H2. The molecule has 0 aliphatic rings. The zero-order valence-electron chi connectivity index (χ0n) is 9.91. The molecule has 1 atom stereocenters. The smallest absolute Gasteiger partial charge is 0.146 e. The van der Waals surface area contributed by atoms with E-state index in [1.165, 1.54) is 18.2 Å². The fourth-order valence-electron chi connectivity index (χ4n) is 1.69.